The van der Waals surface area contributed by atoms with Gasteiger partial charge < -0.3 is 13.6 Å². The molecule has 0 unspecified atom stereocenters. The van der Waals surface area contributed by atoms with Crippen LogP contribution in [0.4, 0.5) is 0 Å². The molecule has 0 N–H and O–H groups in total. The molecule has 0 radical (unpaired) electrons. The van der Waals surface area contributed by atoms with Crippen molar-refractivity contribution >= 4 is 65.6 Å². The van der Waals surface area contributed by atoms with Crippen molar-refractivity contribution in [1.29, 1.82) is 0 Å². The zero-order valence-electron chi connectivity index (χ0n) is 27.6. The summed E-state index contributed by atoms with van der Waals surface area (Å²) >= 11 is 0. The Hall–Kier alpha value is -6.84. The topological polar surface area (TPSA) is 23.0 Å². The predicted octanol–water partition coefficient (Wildman–Crippen LogP) is 13.1. The molecule has 11 aromatic rings. The Morgan fingerprint density at radius 2 is 0.667 bits per heavy atom. The number of aromatic nitrogens is 2. The summed E-state index contributed by atoms with van der Waals surface area (Å²) in [5.41, 5.74) is 13.4. The van der Waals surface area contributed by atoms with Crippen LogP contribution in [0.5, 0.6) is 0 Å². The molecule has 238 valence electrons. The number of fused-ring (bicyclic) bond motifs is 11. The van der Waals surface area contributed by atoms with Crippen LogP contribution in [0.1, 0.15) is 0 Å². The lowest BCUT2D eigenvalue weighted by Crippen LogP contribution is -1.93. The highest BCUT2D eigenvalue weighted by Crippen LogP contribution is 2.45. The average molecular weight is 651 g/mol. The van der Waals surface area contributed by atoms with Gasteiger partial charge in [-0.25, -0.2) is 0 Å². The number of nitrogens with zero attached hydrogens (tertiary/aromatic N) is 2. The van der Waals surface area contributed by atoms with Gasteiger partial charge in [-0.3, -0.25) is 0 Å². The number of rotatable bonds is 4. The maximum absolute atomic E-state index is 7.26. The van der Waals surface area contributed by atoms with Crippen LogP contribution in [0.2, 0.25) is 0 Å². The van der Waals surface area contributed by atoms with Crippen molar-refractivity contribution in [3.8, 4) is 33.6 Å². The molecule has 0 spiro atoms. The molecule has 3 nitrogen and oxygen atoms in total. The smallest absolute Gasteiger partial charge is 0.145 e. The van der Waals surface area contributed by atoms with Crippen LogP contribution in [0.25, 0.3) is 99.2 Å². The Morgan fingerprint density at radius 3 is 1.08 bits per heavy atom. The summed E-state index contributed by atoms with van der Waals surface area (Å²) < 4.78 is 12.0. The normalized spacial score (nSPS) is 11.9. The third-order valence-electron chi connectivity index (χ3n) is 10.5. The van der Waals surface area contributed by atoms with Gasteiger partial charge in [0.2, 0.25) is 0 Å². The molecule has 3 heterocycles. The van der Waals surface area contributed by atoms with E-state index in [4.69, 9.17) is 4.42 Å². The van der Waals surface area contributed by atoms with Crippen molar-refractivity contribution in [3.63, 3.8) is 0 Å². The largest absolute Gasteiger partial charge is 0.455 e. The molecule has 51 heavy (non-hydrogen) atoms. The van der Waals surface area contributed by atoms with Crippen molar-refractivity contribution in [2.24, 2.45) is 0 Å². The highest BCUT2D eigenvalue weighted by atomic mass is 16.3. The van der Waals surface area contributed by atoms with Gasteiger partial charge in [0, 0.05) is 32.9 Å². The molecule has 0 aliphatic rings. The van der Waals surface area contributed by atoms with E-state index in [0.29, 0.717) is 0 Å². The lowest BCUT2D eigenvalue weighted by molar-refractivity contribution is 0.677. The van der Waals surface area contributed by atoms with Gasteiger partial charge in [-0.2, -0.15) is 0 Å². The molecule has 0 atom stereocenters. The molecule has 0 amide bonds. The summed E-state index contributed by atoms with van der Waals surface area (Å²) in [6.07, 6.45) is 0. The van der Waals surface area contributed by atoms with E-state index < -0.39 is 0 Å². The Labute approximate surface area is 293 Å². The fourth-order valence-electron chi connectivity index (χ4n) is 8.23. The van der Waals surface area contributed by atoms with E-state index in [1.807, 2.05) is 0 Å². The van der Waals surface area contributed by atoms with Gasteiger partial charge in [-0.1, -0.05) is 109 Å². The van der Waals surface area contributed by atoms with Gasteiger partial charge in [-0.05, 0) is 95.1 Å². The fraction of sp³-hybridized carbons (Fsp3) is 0. The molecular weight excluding hydrogens is 621 g/mol. The standard InChI is InChI=1S/C48H30N2O/c1-5-13-31(14-6-1)33-21-25-41-39(29-33)45-43(49(41)35-17-9-3-10-18-35)27-23-37-38-24-28-44-46(48(38)51-47(37)45)40-30-34(32-15-7-2-8-16-32)22-26-42(40)50(44)36-19-11-4-12-20-36/h1-30H. The minimum Gasteiger partial charge on any atom is -0.455 e. The maximum atomic E-state index is 7.26. The van der Waals surface area contributed by atoms with Gasteiger partial charge in [0.25, 0.3) is 0 Å². The number of hydrogen-bond acceptors (Lipinski definition) is 1. The Kier molecular flexibility index (Phi) is 5.96. The van der Waals surface area contributed by atoms with Gasteiger partial charge in [0.15, 0.2) is 0 Å². The number of para-hydroxylation sites is 2. The van der Waals surface area contributed by atoms with Gasteiger partial charge >= 0.3 is 0 Å². The summed E-state index contributed by atoms with van der Waals surface area (Å²) in [4.78, 5) is 0. The van der Waals surface area contributed by atoms with Gasteiger partial charge in [-0.15, -0.1) is 0 Å². The third kappa shape index (κ3) is 4.12. The second kappa shape index (κ2) is 10.8. The van der Waals surface area contributed by atoms with E-state index in [2.05, 4.69) is 191 Å². The van der Waals surface area contributed by atoms with E-state index in [9.17, 15) is 0 Å². The van der Waals surface area contributed by atoms with E-state index in [-0.39, 0.29) is 0 Å². The van der Waals surface area contributed by atoms with Crippen LogP contribution < -0.4 is 0 Å². The minimum absolute atomic E-state index is 0.916. The zero-order chi connectivity index (χ0) is 33.5. The van der Waals surface area contributed by atoms with E-state index in [0.717, 1.165) is 66.2 Å². The lowest BCUT2D eigenvalue weighted by atomic mass is 10.0. The number of benzene rings is 8. The zero-order valence-corrected chi connectivity index (χ0v) is 27.6. The van der Waals surface area contributed by atoms with Crippen molar-refractivity contribution in [1.82, 2.24) is 9.13 Å². The molecule has 0 saturated carbocycles. The second-order valence-electron chi connectivity index (χ2n) is 13.3. The first-order valence-electron chi connectivity index (χ1n) is 17.4. The minimum atomic E-state index is 0.916. The second-order valence-corrected chi connectivity index (χ2v) is 13.3. The SMILES string of the molecule is c1ccc(-c2ccc3c(c2)c2c4oc5c(ccc6c5c5cc(-c7ccccc7)ccc5n6-c5ccccc5)c4ccc2n3-c2ccccc2)cc1. The third-order valence-corrected chi connectivity index (χ3v) is 10.5. The summed E-state index contributed by atoms with van der Waals surface area (Å²) in [6.45, 7) is 0. The summed E-state index contributed by atoms with van der Waals surface area (Å²) in [5, 5.41) is 6.85. The van der Waals surface area contributed by atoms with Gasteiger partial charge in [0.05, 0.1) is 32.8 Å². The maximum Gasteiger partial charge on any atom is 0.145 e. The lowest BCUT2D eigenvalue weighted by Gasteiger charge is -2.08. The van der Waals surface area contributed by atoms with Crippen LogP contribution in [0, 0.1) is 0 Å². The van der Waals surface area contributed by atoms with Crippen LogP contribution >= 0.6 is 0 Å². The fourth-order valence-corrected chi connectivity index (χ4v) is 8.23. The first kappa shape index (κ1) is 28.0. The van der Waals surface area contributed by atoms with Gasteiger partial charge in [0.1, 0.15) is 11.2 Å². The quantitative estimate of drug-likeness (QED) is 0.186. The van der Waals surface area contributed by atoms with Crippen molar-refractivity contribution in [3.05, 3.63) is 182 Å². The average Bonchev–Trinajstić information content (AvgIpc) is 3.86. The van der Waals surface area contributed by atoms with E-state index in [1.54, 1.807) is 0 Å². The molecule has 0 fully saturated rings. The Morgan fingerprint density at radius 1 is 0.294 bits per heavy atom. The number of furan rings is 1. The van der Waals surface area contributed by atoms with Crippen LogP contribution in [-0.2, 0) is 0 Å². The highest BCUT2D eigenvalue weighted by molar-refractivity contribution is 6.29. The number of hydrogen-bond donors (Lipinski definition) is 0. The summed E-state index contributed by atoms with van der Waals surface area (Å²) in [5.74, 6) is 0. The van der Waals surface area contributed by atoms with Crippen molar-refractivity contribution < 1.29 is 4.42 Å². The summed E-state index contributed by atoms with van der Waals surface area (Å²) in [7, 11) is 0. The van der Waals surface area contributed by atoms with E-state index in [1.165, 1.54) is 33.0 Å². The van der Waals surface area contributed by atoms with Crippen LogP contribution in [-0.4, -0.2) is 9.13 Å². The molecule has 0 aliphatic heterocycles. The first-order chi connectivity index (χ1) is 25.3. The molecule has 3 aromatic heterocycles. The Bertz CT molecular complexity index is 2890. The molecular formula is C48H30N2O. The monoisotopic (exact) mass is 650 g/mol. The molecule has 0 aliphatic carbocycles. The summed E-state index contributed by atoms with van der Waals surface area (Å²) in [6, 6.07) is 65.2. The Balaban J connectivity index is 1.28. The van der Waals surface area contributed by atoms with E-state index >= 15 is 0 Å². The highest BCUT2D eigenvalue weighted by Gasteiger charge is 2.23. The van der Waals surface area contributed by atoms with Crippen molar-refractivity contribution in [2.75, 3.05) is 0 Å². The van der Waals surface area contributed by atoms with Crippen LogP contribution in [0.3, 0.4) is 0 Å². The predicted molar refractivity (Wildman–Crippen MR) is 213 cm³/mol. The molecule has 11 rings (SSSR count). The van der Waals surface area contributed by atoms with Crippen molar-refractivity contribution in [2.45, 2.75) is 0 Å². The molecule has 8 aromatic carbocycles. The first-order valence-corrected chi connectivity index (χ1v) is 17.4. The molecule has 3 heteroatoms. The van der Waals surface area contributed by atoms with Crippen LogP contribution in [0.15, 0.2) is 186 Å². The molecule has 0 bridgehead atoms. The molecule has 0 saturated heterocycles.